The summed E-state index contributed by atoms with van der Waals surface area (Å²) in [5, 5.41) is 13.6. The lowest BCUT2D eigenvalue weighted by atomic mass is 10.2. The molecule has 2 aromatic rings. The summed E-state index contributed by atoms with van der Waals surface area (Å²) in [5.41, 5.74) is 1.79. The third-order valence-corrected chi connectivity index (χ3v) is 4.11. The Bertz CT molecular complexity index is 525. The Morgan fingerprint density at radius 1 is 1.22 bits per heavy atom. The van der Waals surface area contributed by atoms with Crippen LogP contribution < -0.4 is 5.32 Å². The molecule has 0 atom stereocenters. The summed E-state index contributed by atoms with van der Waals surface area (Å²) in [5.74, 6) is 0.247. The summed E-state index contributed by atoms with van der Waals surface area (Å²) in [6, 6.07) is 11.0. The Morgan fingerprint density at radius 2 is 2.00 bits per heavy atom. The lowest BCUT2D eigenvalue weighted by Crippen LogP contribution is -2.01. The first-order valence-corrected chi connectivity index (χ1v) is 7.47. The maximum Gasteiger partial charge on any atom is 0.120 e. The van der Waals surface area contributed by atoms with E-state index in [1.54, 1.807) is 18.2 Å². The first-order valence-electron chi connectivity index (χ1n) is 5.22. The molecule has 0 heterocycles. The zero-order chi connectivity index (χ0) is 13.1. The van der Waals surface area contributed by atoms with Crippen molar-refractivity contribution in [3.8, 4) is 5.75 Å². The van der Waals surface area contributed by atoms with Crippen LogP contribution in [0.25, 0.3) is 0 Å². The highest BCUT2D eigenvalue weighted by atomic mass is 127. The molecule has 2 N–H and O–H groups in total. The number of phenolic OH excluding ortho intramolecular Hbond substituents is 1. The van der Waals surface area contributed by atoms with Crippen LogP contribution in [0, 0.1) is 3.57 Å². The predicted octanol–water partition coefficient (Wildman–Crippen LogP) is 5.02. The second-order valence-electron chi connectivity index (χ2n) is 3.75. The molecule has 0 fully saturated rings. The molecular formula is C13H10BrClINO. The van der Waals surface area contributed by atoms with E-state index in [2.05, 4.69) is 43.8 Å². The van der Waals surface area contributed by atoms with Crippen molar-refractivity contribution in [1.82, 2.24) is 0 Å². The van der Waals surface area contributed by atoms with Gasteiger partial charge in [-0.15, -0.1) is 0 Å². The first-order chi connectivity index (χ1) is 8.56. The highest BCUT2D eigenvalue weighted by Crippen LogP contribution is 2.26. The molecular weight excluding hydrogens is 428 g/mol. The molecule has 0 unspecified atom stereocenters. The molecule has 0 aliphatic heterocycles. The van der Waals surface area contributed by atoms with Crippen molar-refractivity contribution in [3.63, 3.8) is 0 Å². The van der Waals surface area contributed by atoms with Gasteiger partial charge in [0.25, 0.3) is 0 Å². The van der Waals surface area contributed by atoms with Gasteiger partial charge in [0, 0.05) is 30.9 Å². The van der Waals surface area contributed by atoms with Crippen LogP contribution in [0.15, 0.2) is 40.9 Å². The van der Waals surface area contributed by atoms with Crippen LogP contribution in [0.3, 0.4) is 0 Å². The molecule has 94 valence electrons. The van der Waals surface area contributed by atoms with Crippen LogP contribution in [-0.2, 0) is 6.54 Å². The molecule has 0 saturated carbocycles. The van der Waals surface area contributed by atoms with Crippen molar-refractivity contribution >= 4 is 55.8 Å². The van der Waals surface area contributed by atoms with Gasteiger partial charge in [0.15, 0.2) is 0 Å². The predicted molar refractivity (Wildman–Crippen MR) is 87.3 cm³/mol. The largest absolute Gasteiger partial charge is 0.508 e. The lowest BCUT2D eigenvalue weighted by Gasteiger charge is -2.10. The normalized spacial score (nSPS) is 10.4. The zero-order valence-corrected chi connectivity index (χ0v) is 13.8. The highest BCUT2D eigenvalue weighted by molar-refractivity contribution is 14.1. The van der Waals surface area contributed by atoms with Crippen molar-refractivity contribution in [2.45, 2.75) is 6.54 Å². The van der Waals surface area contributed by atoms with Crippen LogP contribution in [-0.4, -0.2) is 5.11 Å². The van der Waals surface area contributed by atoms with E-state index >= 15 is 0 Å². The SMILES string of the molecule is Oc1ccc(Cl)cc1CNc1cc(Br)ccc1I. The quantitative estimate of drug-likeness (QED) is 0.660. The van der Waals surface area contributed by atoms with E-state index < -0.39 is 0 Å². The summed E-state index contributed by atoms with van der Waals surface area (Å²) >= 11 is 11.6. The van der Waals surface area contributed by atoms with E-state index in [9.17, 15) is 5.11 Å². The van der Waals surface area contributed by atoms with Gasteiger partial charge >= 0.3 is 0 Å². The van der Waals surface area contributed by atoms with Gasteiger partial charge in [-0.3, -0.25) is 0 Å². The van der Waals surface area contributed by atoms with Crippen LogP contribution >= 0.6 is 50.1 Å². The third kappa shape index (κ3) is 3.52. The van der Waals surface area contributed by atoms with Crippen LogP contribution in [0.1, 0.15) is 5.56 Å². The van der Waals surface area contributed by atoms with E-state index in [0.29, 0.717) is 11.6 Å². The number of rotatable bonds is 3. The molecule has 0 aromatic heterocycles. The number of phenols is 1. The number of nitrogens with one attached hydrogen (secondary N) is 1. The Labute approximate surface area is 133 Å². The molecule has 0 aliphatic rings. The van der Waals surface area contributed by atoms with Gasteiger partial charge in [0.1, 0.15) is 5.75 Å². The highest BCUT2D eigenvalue weighted by Gasteiger charge is 2.04. The van der Waals surface area contributed by atoms with E-state index in [4.69, 9.17) is 11.6 Å². The standard InChI is InChI=1S/C13H10BrClINO/c14-9-1-3-11(16)12(6-9)17-7-8-5-10(15)2-4-13(8)18/h1-6,17-18H,7H2. The van der Waals surface area contributed by atoms with Gasteiger partial charge in [-0.1, -0.05) is 27.5 Å². The molecule has 2 aromatic carbocycles. The second-order valence-corrected chi connectivity index (χ2v) is 6.27. The summed E-state index contributed by atoms with van der Waals surface area (Å²) in [6.07, 6.45) is 0. The Hall–Kier alpha value is -0.460. The molecule has 2 rings (SSSR count). The molecule has 5 heteroatoms. The van der Waals surface area contributed by atoms with Crippen LogP contribution in [0.4, 0.5) is 5.69 Å². The Kier molecular flexibility index (Phi) is 4.75. The van der Waals surface area contributed by atoms with Gasteiger partial charge in [-0.05, 0) is 59.0 Å². The van der Waals surface area contributed by atoms with Gasteiger partial charge in [-0.2, -0.15) is 0 Å². The fourth-order valence-electron chi connectivity index (χ4n) is 1.52. The minimum Gasteiger partial charge on any atom is -0.508 e. The third-order valence-electron chi connectivity index (χ3n) is 2.44. The maximum absolute atomic E-state index is 9.73. The number of halogens is 3. The smallest absolute Gasteiger partial charge is 0.120 e. The van der Waals surface area contributed by atoms with Crippen molar-refractivity contribution in [2.75, 3.05) is 5.32 Å². The molecule has 0 amide bonds. The van der Waals surface area contributed by atoms with E-state index in [0.717, 1.165) is 19.3 Å². The topological polar surface area (TPSA) is 32.3 Å². The van der Waals surface area contributed by atoms with Crippen molar-refractivity contribution in [2.24, 2.45) is 0 Å². The minimum absolute atomic E-state index is 0.247. The number of hydrogen-bond donors (Lipinski definition) is 2. The molecule has 0 aliphatic carbocycles. The Morgan fingerprint density at radius 3 is 2.78 bits per heavy atom. The van der Waals surface area contributed by atoms with E-state index in [1.165, 1.54) is 0 Å². The number of hydrogen-bond acceptors (Lipinski definition) is 2. The summed E-state index contributed by atoms with van der Waals surface area (Å²) in [6.45, 7) is 0.527. The van der Waals surface area contributed by atoms with Crippen molar-refractivity contribution in [1.29, 1.82) is 0 Å². The van der Waals surface area contributed by atoms with E-state index in [1.807, 2.05) is 18.2 Å². The fraction of sp³-hybridized carbons (Fsp3) is 0.0769. The first kappa shape index (κ1) is 14.0. The van der Waals surface area contributed by atoms with Gasteiger partial charge < -0.3 is 10.4 Å². The molecule has 0 spiro atoms. The molecule has 0 saturated heterocycles. The Balaban J connectivity index is 2.16. The van der Waals surface area contributed by atoms with Gasteiger partial charge in [0.2, 0.25) is 0 Å². The molecule has 18 heavy (non-hydrogen) atoms. The van der Waals surface area contributed by atoms with Crippen LogP contribution in [0.2, 0.25) is 5.02 Å². The average Bonchev–Trinajstić information content (AvgIpc) is 2.34. The maximum atomic E-state index is 9.73. The van der Waals surface area contributed by atoms with Crippen molar-refractivity contribution in [3.05, 3.63) is 55.0 Å². The molecule has 0 radical (unpaired) electrons. The van der Waals surface area contributed by atoms with Crippen molar-refractivity contribution < 1.29 is 5.11 Å². The number of benzene rings is 2. The van der Waals surface area contributed by atoms with Crippen LogP contribution in [0.5, 0.6) is 5.75 Å². The summed E-state index contributed by atoms with van der Waals surface area (Å²) in [7, 11) is 0. The number of aromatic hydroxyl groups is 1. The fourth-order valence-corrected chi connectivity index (χ4v) is 2.60. The minimum atomic E-state index is 0.247. The summed E-state index contributed by atoms with van der Waals surface area (Å²) < 4.78 is 2.14. The molecule has 2 nitrogen and oxygen atoms in total. The average molecular weight is 438 g/mol. The van der Waals surface area contributed by atoms with Gasteiger partial charge in [0.05, 0.1) is 0 Å². The number of anilines is 1. The summed E-state index contributed by atoms with van der Waals surface area (Å²) in [4.78, 5) is 0. The monoisotopic (exact) mass is 437 g/mol. The van der Waals surface area contributed by atoms with E-state index in [-0.39, 0.29) is 5.75 Å². The zero-order valence-electron chi connectivity index (χ0n) is 9.25. The van der Waals surface area contributed by atoms with Gasteiger partial charge in [-0.25, -0.2) is 0 Å². The lowest BCUT2D eigenvalue weighted by molar-refractivity contribution is 0.469. The molecule has 0 bridgehead atoms. The second kappa shape index (κ2) is 6.12.